The van der Waals surface area contributed by atoms with E-state index in [1.807, 2.05) is 0 Å². The predicted molar refractivity (Wildman–Crippen MR) is 106 cm³/mol. The van der Waals surface area contributed by atoms with Gasteiger partial charge in [-0.2, -0.15) is 5.26 Å². The van der Waals surface area contributed by atoms with Crippen LogP contribution in [0.25, 0.3) is 0 Å². The number of benzene rings is 1. The smallest absolute Gasteiger partial charge is 0.311 e. The van der Waals surface area contributed by atoms with Gasteiger partial charge in [-0.3, -0.25) is 14.5 Å². The highest BCUT2D eigenvalue weighted by Gasteiger charge is 2.37. The van der Waals surface area contributed by atoms with Crippen LogP contribution in [0.15, 0.2) is 24.3 Å². The summed E-state index contributed by atoms with van der Waals surface area (Å²) in [7, 11) is 0. The largest absolute Gasteiger partial charge is 0.491 e. The first-order valence-corrected chi connectivity index (χ1v) is 10.1. The number of β-amino-alcohol motifs (C(OH)–C–C–N with tert-alkyl or cyclic N) is 1. The molecule has 3 atom stereocenters. The number of likely N-dealkylation sites (N-methyl/N-ethyl adjacent to an activating group) is 1. The zero-order valence-corrected chi connectivity index (χ0v) is 16.7. The van der Waals surface area contributed by atoms with Gasteiger partial charge in [-0.15, -0.1) is 0 Å². The Morgan fingerprint density at radius 3 is 2.48 bits per heavy atom. The highest BCUT2D eigenvalue weighted by atomic mass is 16.5. The van der Waals surface area contributed by atoms with Crippen LogP contribution in [0.5, 0.6) is 5.75 Å². The van der Waals surface area contributed by atoms with Gasteiger partial charge in [-0.05, 0) is 49.4 Å². The molecule has 0 aliphatic carbocycles. The number of nitrogens with one attached hydrogen (secondary N) is 1. The second-order valence-corrected chi connectivity index (χ2v) is 7.86. The Morgan fingerprint density at radius 1 is 1.24 bits per heavy atom. The van der Waals surface area contributed by atoms with Crippen molar-refractivity contribution >= 4 is 11.8 Å². The lowest BCUT2D eigenvalue weighted by Gasteiger charge is -2.46. The Bertz CT molecular complexity index is 747. The van der Waals surface area contributed by atoms with Crippen molar-refractivity contribution in [1.29, 1.82) is 5.26 Å². The van der Waals surface area contributed by atoms with Crippen LogP contribution in [0, 0.1) is 23.2 Å². The topological polar surface area (TPSA) is 106 Å². The van der Waals surface area contributed by atoms with Gasteiger partial charge in [-0.25, -0.2) is 0 Å². The van der Waals surface area contributed by atoms with Gasteiger partial charge >= 0.3 is 11.8 Å². The van der Waals surface area contributed by atoms with Crippen molar-refractivity contribution in [2.24, 2.45) is 11.8 Å². The van der Waals surface area contributed by atoms with Crippen LogP contribution < -0.4 is 10.1 Å². The fourth-order valence-corrected chi connectivity index (χ4v) is 4.25. The average molecular weight is 400 g/mol. The number of likely N-dealkylation sites (tertiary alicyclic amines) is 2. The minimum absolute atomic E-state index is 0.180. The van der Waals surface area contributed by atoms with Crippen LogP contribution in [-0.4, -0.2) is 78.7 Å². The number of rotatable bonds is 6. The van der Waals surface area contributed by atoms with E-state index in [1.54, 1.807) is 36.1 Å². The van der Waals surface area contributed by atoms with E-state index >= 15 is 0 Å². The van der Waals surface area contributed by atoms with Crippen LogP contribution in [-0.2, 0) is 9.59 Å². The number of nitriles is 1. The number of aliphatic hydroxyl groups excluding tert-OH is 1. The first-order chi connectivity index (χ1) is 14.0. The van der Waals surface area contributed by atoms with Crippen LogP contribution in [0.3, 0.4) is 0 Å². The SMILES string of the molecule is CCNC(=O)C(=O)N1CC2CC(CN(C[C@H](O)COc3ccc(C#N)cc3)C2)C1. The van der Waals surface area contributed by atoms with Crippen molar-refractivity contribution in [3.63, 3.8) is 0 Å². The van der Waals surface area contributed by atoms with E-state index in [9.17, 15) is 14.7 Å². The zero-order valence-electron chi connectivity index (χ0n) is 16.7. The third-order valence-corrected chi connectivity index (χ3v) is 5.37. The number of nitrogens with zero attached hydrogens (tertiary/aromatic N) is 3. The number of piperidine rings is 2. The molecule has 156 valence electrons. The Hall–Kier alpha value is -2.63. The summed E-state index contributed by atoms with van der Waals surface area (Å²) in [5, 5.41) is 21.8. The van der Waals surface area contributed by atoms with E-state index < -0.39 is 17.9 Å². The standard InChI is InChI=1S/C21H28N4O4/c1-2-23-20(27)21(28)25-11-16-7-17(12-25)10-24(9-16)13-18(26)14-29-19-5-3-15(8-22)4-6-19/h3-6,16-18,26H,2,7,9-14H2,1H3,(H,23,27)/t16?,17?,18-/m0/s1. The number of carbonyl (C=O) groups excluding carboxylic acids is 2. The van der Waals surface area contributed by atoms with Crippen molar-refractivity contribution < 1.29 is 19.4 Å². The normalized spacial score (nSPS) is 22.4. The molecule has 0 radical (unpaired) electrons. The highest BCUT2D eigenvalue weighted by molar-refractivity contribution is 6.35. The average Bonchev–Trinajstić information content (AvgIpc) is 2.71. The summed E-state index contributed by atoms with van der Waals surface area (Å²) in [4.78, 5) is 28.0. The molecule has 1 aromatic rings. The molecule has 2 saturated heterocycles. The molecule has 0 spiro atoms. The lowest BCUT2D eigenvalue weighted by atomic mass is 9.84. The third kappa shape index (κ3) is 5.68. The summed E-state index contributed by atoms with van der Waals surface area (Å²) in [5.74, 6) is 0.281. The highest BCUT2D eigenvalue weighted by Crippen LogP contribution is 2.28. The number of carbonyl (C=O) groups is 2. The number of ether oxygens (including phenoxy) is 1. The van der Waals surface area contributed by atoms with E-state index in [0.29, 0.717) is 49.3 Å². The maximum absolute atomic E-state index is 12.3. The Morgan fingerprint density at radius 2 is 1.90 bits per heavy atom. The molecule has 2 aliphatic heterocycles. The Kier molecular flexibility index (Phi) is 7.07. The summed E-state index contributed by atoms with van der Waals surface area (Å²) < 4.78 is 5.62. The van der Waals surface area contributed by atoms with Gasteiger partial charge in [0.25, 0.3) is 0 Å². The number of hydrogen-bond acceptors (Lipinski definition) is 6. The van der Waals surface area contributed by atoms with Crippen molar-refractivity contribution in [2.75, 3.05) is 45.9 Å². The third-order valence-electron chi connectivity index (χ3n) is 5.37. The van der Waals surface area contributed by atoms with Crippen molar-refractivity contribution in [3.8, 4) is 11.8 Å². The molecule has 8 heteroatoms. The molecule has 3 rings (SSSR count). The molecule has 2 heterocycles. The minimum Gasteiger partial charge on any atom is -0.491 e. The monoisotopic (exact) mass is 400 g/mol. The second-order valence-electron chi connectivity index (χ2n) is 7.86. The van der Waals surface area contributed by atoms with Gasteiger partial charge in [0.2, 0.25) is 0 Å². The molecule has 2 amide bonds. The molecule has 0 saturated carbocycles. The molecule has 0 aromatic heterocycles. The lowest BCUT2D eigenvalue weighted by Crippen LogP contribution is -2.57. The van der Waals surface area contributed by atoms with Gasteiger partial charge in [0.05, 0.1) is 11.6 Å². The second kappa shape index (κ2) is 9.72. The molecule has 2 fully saturated rings. The quantitative estimate of drug-likeness (QED) is 0.662. The van der Waals surface area contributed by atoms with E-state index in [2.05, 4.69) is 16.3 Å². The summed E-state index contributed by atoms with van der Waals surface area (Å²) >= 11 is 0. The van der Waals surface area contributed by atoms with E-state index in [1.165, 1.54) is 0 Å². The van der Waals surface area contributed by atoms with Gasteiger partial charge in [-0.1, -0.05) is 0 Å². The molecule has 2 N–H and O–H groups in total. The predicted octanol–water partition coefficient (Wildman–Crippen LogP) is 0.214. The number of amides is 2. The van der Waals surface area contributed by atoms with Gasteiger partial charge < -0.3 is 20.1 Å². The molecule has 2 unspecified atom stereocenters. The zero-order chi connectivity index (χ0) is 20.8. The van der Waals surface area contributed by atoms with Crippen molar-refractivity contribution in [1.82, 2.24) is 15.1 Å². The number of hydrogen-bond donors (Lipinski definition) is 2. The summed E-state index contributed by atoms with van der Waals surface area (Å²) in [5.41, 5.74) is 0.567. The molecule has 2 aliphatic rings. The van der Waals surface area contributed by atoms with E-state index in [4.69, 9.17) is 10.00 Å². The first-order valence-electron chi connectivity index (χ1n) is 10.1. The molecule has 1 aromatic carbocycles. The molecule has 2 bridgehead atoms. The Balaban J connectivity index is 1.45. The van der Waals surface area contributed by atoms with Crippen LogP contribution in [0.1, 0.15) is 18.9 Å². The fourth-order valence-electron chi connectivity index (χ4n) is 4.25. The number of fused-ring (bicyclic) bond motifs is 2. The number of aliphatic hydroxyl groups is 1. The first kappa shape index (κ1) is 21.1. The molecular formula is C21H28N4O4. The maximum atomic E-state index is 12.3. The van der Waals surface area contributed by atoms with E-state index in [-0.39, 0.29) is 6.61 Å². The van der Waals surface area contributed by atoms with Gasteiger partial charge in [0.15, 0.2) is 0 Å². The fraction of sp³-hybridized carbons (Fsp3) is 0.571. The molecular weight excluding hydrogens is 372 g/mol. The summed E-state index contributed by atoms with van der Waals surface area (Å²) in [6.45, 7) is 5.69. The maximum Gasteiger partial charge on any atom is 0.311 e. The Labute approximate surface area is 171 Å². The van der Waals surface area contributed by atoms with Gasteiger partial charge in [0, 0.05) is 39.3 Å². The molecule has 29 heavy (non-hydrogen) atoms. The summed E-state index contributed by atoms with van der Waals surface area (Å²) in [6.07, 6.45) is 0.422. The van der Waals surface area contributed by atoms with Crippen LogP contribution >= 0.6 is 0 Å². The summed E-state index contributed by atoms with van der Waals surface area (Å²) in [6, 6.07) is 8.86. The van der Waals surface area contributed by atoms with Crippen molar-refractivity contribution in [2.45, 2.75) is 19.4 Å². The van der Waals surface area contributed by atoms with Crippen LogP contribution in [0.4, 0.5) is 0 Å². The minimum atomic E-state index is -0.627. The van der Waals surface area contributed by atoms with Crippen molar-refractivity contribution in [3.05, 3.63) is 29.8 Å². The molecule has 8 nitrogen and oxygen atoms in total. The van der Waals surface area contributed by atoms with Gasteiger partial charge in [0.1, 0.15) is 18.5 Å². The van der Waals surface area contributed by atoms with Crippen LogP contribution in [0.2, 0.25) is 0 Å². The lowest BCUT2D eigenvalue weighted by molar-refractivity contribution is -0.148. The van der Waals surface area contributed by atoms with E-state index in [0.717, 1.165) is 19.5 Å².